The molecule has 0 fully saturated rings. The Morgan fingerprint density at radius 2 is 1.48 bits per heavy atom. The molecule has 4 rings (SSSR count). The van der Waals surface area contributed by atoms with E-state index in [0.717, 1.165) is 16.7 Å². The molecular weight excluding hydrogens is 282 g/mol. The van der Waals surface area contributed by atoms with E-state index in [1.165, 1.54) is 24.0 Å². The molecule has 2 heteroatoms. The Morgan fingerprint density at radius 3 is 2.13 bits per heavy atom. The largest absolute Gasteiger partial charge is 0.436 e. The summed E-state index contributed by atoms with van der Waals surface area (Å²) in [6, 6.07) is 14.6. The van der Waals surface area contributed by atoms with Crippen molar-refractivity contribution in [2.45, 2.75) is 51.4 Å². The van der Waals surface area contributed by atoms with Gasteiger partial charge < -0.3 is 4.42 Å². The minimum Gasteiger partial charge on any atom is -0.436 e. The van der Waals surface area contributed by atoms with Crippen molar-refractivity contribution in [1.82, 2.24) is 4.98 Å². The third-order valence-electron chi connectivity index (χ3n) is 5.38. The maximum Gasteiger partial charge on any atom is 0.227 e. The van der Waals surface area contributed by atoms with Crippen molar-refractivity contribution in [1.29, 1.82) is 0 Å². The lowest BCUT2D eigenvalue weighted by atomic mass is 9.63. The molecule has 3 aromatic rings. The molecular formula is C21H23NO. The van der Waals surface area contributed by atoms with Gasteiger partial charge in [0, 0.05) is 5.56 Å². The molecule has 23 heavy (non-hydrogen) atoms. The van der Waals surface area contributed by atoms with Gasteiger partial charge in [0.25, 0.3) is 0 Å². The quantitative estimate of drug-likeness (QED) is 0.564. The molecule has 0 N–H and O–H groups in total. The molecule has 2 aromatic carbocycles. The zero-order valence-corrected chi connectivity index (χ0v) is 14.3. The van der Waals surface area contributed by atoms with Crippen LogP contribution < -0.4 is 0 Å². The fourth-order valence-electron chi connectivity index (χ4n) is 3.69. The molecule has 0 saturated carbocycles. The van der Waals surface area contributed by atoms with Crippen molar-refractivity contribution in [3.8, 4) is 11.5 Å². The molecule has 0 unspecified atom stereocenters. The molecule has 1 aromatic heterocycles. The molecule has 118 valence electrons. The van der Waals surface area contributed by atoms with Crippen molar-refractivity contribution in [2.24, 2.45) is 0 Å². The molecule has 0 spiro atoms. The van der Waals surface area contributed by atoms with E-state index in [-0.39, 0.29) is 10.8 Å². The summed E-state index contributed by atoms with van der Waals surface area (Å²) >= 11 is 0. The fourth-order valence-corrected chi connectivity index (χ4v) is 3.69. The minimum atomic E-state index is 0.193. The first-order valence-electron chi connectivity index (χ1n) is 8.38. The Hall–Kier alpha value is -2.09. The first-order chi connectivity index (χ1) is 10.9. The van der Waals surface area contributed by atoms with Gasteiger partial charge in [-0.15, -0.1) is 0 Å². The van der Waals surface area contributed by atoms with Crippen molar-refractivity contribution in [3.63, 3.8) is 0 Å². The number of rotatable bonds is 1. The van der Waals surface area contributed by atoms with Crippen LogP contribution in [-0.2, 0) is 10.8 Å². The lowest BCUT2D eigenvalue weighted by Crippen LogP contribution is -2.33. The van der Waals surface area contributed by atoms with Gasteiger partial charge in [-0.2, -0.15) is 0 Å². The number of hydrogen-bond donors (Lipinski definition) is 0. The maximum absolute atomic E-state index is 6.07. The van der Waals surface area contributed by atoms with Crippen LogP contribution in [0.15, 0.2) is 46.9 Å². The van der Waals surface area contributed by atoms with Crippen molar-refractivity contribution < 1.29 is 4.42 Å². The molecule has 0 bridgehead atoms. The van der Waals surface area contributed by atoms with E-state index in [1.807, 2.05) is 30.3 Å². The van der Waals surface area contributed by atoms with E-state index in [1.54, 1.807) is 0 Å². The minimum absolute atomic E-state index is 0.193. The van der Waals surface area contributed by atoms with Crippen molar-refractivity contribution >= 4 is 11.1 Å². The highest BCUT2D eigenvalue weighted by Gasteiger charge is 2.37. The third kappa shape index (κ3) is 2.28. The summed E-state index contributed by atoms with van der Waals surface area (Å²) in [6.07, 6.45) is 2.42. The highest BCUT2D eigenvalue weighted by Crippen LogP contribution is 2.47. The van der Waals surface area contributed by atoms with E-state index in [2.05, 4.69) is 39.8 Å². The number of oxazole rings is 1. The predicted molar refractivity (Wildman–Crippen MR) is 94.7 cm³/mol. The summed E-state index contributed by atoms with van der Waals surface area (Å²) in [6.45, 7) is 9.35. The molecule has 0 aliphatic heterocycles. The maximum atomic E-state index is 6.07. The van der Waals surface area contributed by atoms with Crippen LogP contribution in [0, 0.1) is 0 Å². The topological polar surface area (TPSA) is 26.0 Å². The zero-order valence-electron chi connectivity index (χ0n) is 14.3. The van der Waals surface area contributed by atoms with Crippen LogP contribution >= 0.6 is 0 Å². The highest BCUT2D eigenvalue weighted by atomic mass is 16.3. The molecule has 0 saturated heterocycles. The standard InChI is InChI=1S/C21H23NO/c1-20(2)10-11-21(3,4)16-13-18-17(12-15(16)20)22-19(23-18)14-8-6-5-7-9-14/h5-9,12-13H,10-11H2,1-4H3. The summed E-state index contributed by atoms with van der Waals surface area (Å²) in [5.74, 6) is 0.707. The number of benzene rings is 2. The summed E-state index contributed by atoms with van der Waals surface area (Å²) in [5, 5.41) is 0. The van der Waals surface area contributed by atoms with E-state index in [4.69, 9.17) is 9.40 Å². The van der Waals surface area contributed by atoms with E-state index < -0.39 is 0 Å². The average molecular weight is 305 g/mol. The third-order valence-corrected chi connectivity index (χ3v) is 5.38. The van der Waals surface area contributed by atoms with Crippen LogP contribution in [0.25, 0.3) is 22.6 Å². The summed E-state index contributed by atoms with van der Waals surface area (Å²) in [7, 11) is 0. The van der Waals surface area contributed by atoms with Gasteiger partial charge in [0.1, 0.15) is 5.52 Å². The van der Waals surface area contributed by atoms with Gasteiger partial charge >= 0.3 is 0 Å². The summed E-state index contributed by atoms with van der Waals surface area (Å²) in [5.41, 5.74) is 6.12. The molecule has 1 heterocycles. The van der Waals surface area contributed by atoms with Gasteiger partial charge in [0.15, 0.2) is 5.58 Å². The monoisotopic (exact) mass is 305 g/mol. The predicted octanol–water partition coefficient (Wildman–Crippen LogP) is 5.84. The molecule has 1 aliphatic rings. The number of nitrogens with zero attached hydrogens (tertiary/aromatic N) is 1. The Balaban J connectivity index is 1.94. The SMILES string of the molecule is CC1(C)CCC(C)(C)c2cc3oc(-c4ccccc4)nc3cc21. The van der Waals surface area contributed by atoms with Crippen molar-refractivity contribution in [2.75, 3.05) is 0 Å². The fraction of sp³-hybridized carbons (Fsp3) is 0.381. The van der Waals surface area contributed by atoms with Crippen LogP contribution in [0.4, 0.5) is 0 Å². The Labute approximate surface area is 137 Å². The first-order valence-corrected chi connectivity index (χ1v) is 8.38. The van der Waals surface area contributed by atoms with Gasteiger partial charge in [0.05, 0.1) is 0 Å². The van der Waals surface area contributed by atoms with Crippen LogP contribution in [0.2, 0.25) is 0 Å². The summed E-state index contributed by atoms with van der Waals surface area (Å²) < 4.78 is 6.07. The van der Waals surface area contributed by atoms with Gasteiger partial charge in [-0.25, -0.2) is 4.98 Å². The smallest absolute Gasteiger partial charge is 0.227 e. The second kappa shape index (κ2) is 4.70. The van der Waals surface area contributed by atoms with Gasteiger partial charge in [-0.3, -0.25) is 0 Å². The molecule has 2 nitrogen and oxygen atoms in total. The molecule has 0 atom stereocenters. The molecule has 1 aliphatic carbocycles. The number of hydrogen-bond acceptors (Lipinski definition) is 2. The summed E-state index contributed by atoms with van der Waals surface area (Å²) in [4.78, 5) is 4.74. The zero-order chi connectivity index (χ0) is 16.2. The second-order valence-corrected chi connectivity index (χ2v) is 8.02. The van der Waals surface area contributed by atoms with E-state index in [9.17, 15) is 0 Å². The van der Waals surface area contributed by atoms with Crippen LogP contribution in [0.3, 0.4) is 0 Å². The normalized spacial score (nSPS) is 18.8. The Bertz CT molecular complexity index is 818. The molecule has 0 amide bonds. The van der Waals surface area contributed by atoms with Crippen LogP contribution in [-0.4, -0.2) is 4.98 Å². The van der Waals surface area contributed by atoms with Crippen molar-refractivity contribution in [3.05, 3.63) is 53.6 Å². The molecule has 0 radical (unpaired) electrons. The Kier molecular flexibility index (Phi) is 2.96. The average Bonchev–Trinajstić information content (AvgIpc) is 2.95. The lowest BCUT2D eigenvalue weighted by Gasteiger charge is -2.41. The van der Waals surface area contributed by atoms with Crippen LogP contribution in [0.1, 0.15) is 51.7 Å². The Morgan fingerprint density at radius 1 is 0.870 bits per heavy atom. The van der Waals surface area contributed by atoms with Gasteiger partial charge in [-0.05, 0) is 59.1 Å². The second-order valence-electron chi connectivity index (χ2n) is 8.02. The van der Waals surface area contributed by atoms with Gasteiger partial charge in [0.2, 0.25) is 5.89 Å². The van der Waals surface area contributed by atoms with E-state index >= 15 is 0 Å². The first kappa shape index (κ1) is 14.5. The van der Waals surface area contributed by atoms with Gasteiger partial charge in [-0.1, -0.05) is 45.9 Å². The highest BCUT2D eigenvalue weighted by molar-refractivity contribution is 5.79. The van der Waals surface area contributed by atoms with E-state index in [0.29, 0.717) is 5.89 Å². The lowest BCUT2D eigenvalue weighted by molar-refractivity contribution is 0.332. The van der Waals surface area contributed by atoms with Crippen LogP contribution in [0.5, 0.6) is 0 Å². The number of fused-ring (bicyclic) bond motifs is 2. The number of aromatic nitrogens is 1.